The number of nitrogens with one attached hydrogen (secondary N) is 2. The number of ether oxygens (including phenoxy) is 1. The van der Waals surface area contributed by atoms with Crippen molar-refractivity contribution in [2.45, 2.75) is 52.6 Å². The van der Waals surface area contributed by atoms with Crippen LogP contribution in [0.25, 0.3) is 0 Å². The van der Waals surface area contributed by atoms with Gasteiger partial charge in [0.05, 0.1) is 6.10 Å². The summed E-state index contributed by atoms with van der Waals surface area (Å²) >= 11 is 0. The van der Waals surface area contributed by atoms with E-state index >= 15 is 0 Å². The second-order valence-corrected chi connectivity index (χ2v) is 5.35. The molecule has 0 bridgehead atoms. The molecule has 0 aliphatic carbocycles. The molecule has 0 aliphatic heterocycles. The maximum Gasteiger partial charge on any atom is 0.145 e. The molecule has 1 aromatic rings. The standard InChI is InChI=1S/C14H27N5O/c1-10(2)14-17-12(9-13(18-14)19-15)16-7-5-6-8-20-11(3)4/h9-11H,5-8,15H2,1-4H3,(H2,16,17,18,19). The minimum Gasteiger partial charge on any atom is -0.379 e. The smallest absolute Gasteiger partial charge is 0.145 e. The third kappa shape index (κ3) is 6.16. The van der Waals surface area contributed by atoms with Crippen LogP contribution in [0.1, 0.15) is 52.3 Å². The summed E-state index contributed by atoms with van der Waals surface area (Å²) in [5.41, 5.74) is 2.57. The van der Waals surface area contributed by atoms with Gasteiger partial charge in [-0.3, -0.25) is 0 Å². The van der Waals surface area contributed by atoms with Crippen LogP contribution in [0.3, 0.4) is 0 Å². The van der Waals surface area contributed by atoms with Crippen LogP contribution in [0.2, 0.25) is 0 Å². The van der Waals surface area contributed by atoms with Crippen LogP contribution < -0.4 is 16.6 Å². The predicted molar refractivity (Wildman–Crippen MR) is 82.7 cm³/mol. The van der Waals surface area contributed by atoms with Crippen LogP contribution >= 0.6 is 0 Å². The molecule has 0 fully saturated rings. The van der Waals surface area contributed by atoms with Crippen LogP contribution in [0.5, 0.6) is 0 Å². The van der Waals surface area contributed by atoms with E-state index in [1.54, 1.807) is 0 Å². The minimum atomic E-state index is 0.267. The molecule has 0 amide bonds. The van der Waals surface area contributed by atoms with E-state index in [-0.39, 0.29) is 5.92 Å². The van der Waals surface area contributed by atoms with Gasteiger partial charge in [0.1, 0.15) is 17.5 Å². The van der Waals surface area contributed by atoms with Gasteiger partial charge < -0.3 is 15.5 Å². The first kappa shape index (κ1) is 16.7. The number of aromatic nitrogens is 2. The molecule has 20 heavy (non-hydrogen) atoms. The first-order chi connectivity index (χ1) is 9.52. The van der Waals surface area contributed by atoms with Gasteiger partial charge in [0, 0.05) is 25.1 Å². The van der Waals surface area contributed by atoms with E-state index in [0.29, 0.717) is 11.9 Å². The first-order valence-corrected chi connectivity index (χ1v) is 7.24. The number of hydrogen-bond acceptors (Lipinski definition) is 6. The van der Waals surface area contributed by atoms with Gasteiger partial charge >= 0.3 is 0 Å². The third-order valence-corrected chi connectivity index (χ3v) is 2.74. The summed E-state index contributed by atoms with van der Waals surface area (Å²) in [6.07, 6.45) is 2.38. The number of anilines is 2. The average Bonchev–Trinajstić information content (AvgIpc) is 2.41. The van der Waals surface area contributed by atoms with Crippen LogP contribution in [-0.4, -0.2) is 29.2 Å². The molecular formula is C14H27N5O. The van der Waals surface area contributed by atoms with Crippen molar-refractivity contribution in [3.8, 4) is 0 Å². The molecule has 6 nitrogen and oxygen atoms in total. The van der Waals surface area contributed by atoms with Crippen molar-refractivity contribution in [3.05, 3.63) is 11.9 Å². The number of nitrogens with two attached hydrogens (primary N) is 1. The van der Waals surface area contributed by atoms with Gasteiger partial charge in [-0.2, -0.15) is 0 Å². The Bertz CT molecular complexity index is 395. The average molecular weight is 281 g/mol. The maximum atomic E-state index is 5.50. The third-order valence-electron chi connectivity index (χ3n) is 2.74. The number of nitrogens with zero attached hydrogens (tertiary/aromatic N) is 2. The van der Waals surface area contributed by atoms with Gasteiger partial charge in [0.25, 0.3) is 0 Å². The van der Waals surface area contributed by atoms with Crippen LogP contribution in [0.4, 0.5) is 11.6 Å². The number of unbranched alkanes of at least 4 members (excludes halogenated alkanes) is 1. The molecule has 0 aromatic carbocycles. The van der Waals surface area contributed by atoms with E-state index in [9.17, 15) is 0 Å². The van der Waals surface area contributed by atoms with Gasteiger partial charge in [-0.1, -0.05) is 13.8 Å². The highest BCUT2D eigenvalue weighted by Crippen LogP contribution is 2.16. The highest BCUT2D eigenvalue weighted by Gasteiger charge is 2.07. The molecule has 0 unspecified atom stereocenters. The Kier molecular flexibility index (Phi) is 7.25. The van der Waals surface area contributed by atoms with E-state index in [1.807, 2.05) is 19.9 Å². The lowest BCUT2D eigenvalue weighted by Crippen LogP contribution is -2.13. The van der Waals surface area contributed by atoms with Crippen LogP contribution in [-0.2, 0) is 4.74 Å². The van der Waals surface area contributed by atoms with Crippen molar-refractivity contribution < 1.29 is 4.74 Å². The van der Waals surface area contributed by atoms with E-state index in [2.05, 4.69) is 34.6 Å². The monoisotopic (exact) mass is 281 g/mol. The fourth-order valence-corrected chi connectivity index (χ4v) is 1.65. The van der Waals surface area contributed by atoms with E-state index in [1.165, 1.54) is 0 Å². The Morgan fingerprint density at radius 2 is 1.85 bits per heavy atom. The molecule has 0 saturated heterocycles. The van der Waals surface area contributed by atoms with Gasteiger partial charge in [0.2, 0.25) is 0 Å². The molecule has 0 aliphatic rings. The molecule has 4 N–H and O–H groups in total. The molecule has 0 atom stereocenters. The summed E-state index contributed by atoms with van der Waals surface area (Å²) in [5.74, 6) is 7.92. The molecule has 6 heteroatoms. The Hall–Kier alpha value is -1.40. The second-order valence-electron chi connectivity index (χ2n) is 5.35. The number of hydrogen-bond donors (Lipinski definition) is 3. The van der Waals surface area contributed by atoms with Gasteiger partial charge in [-0.15, -0.1) is 0 Å². The maximum absolute atomic E-state index is 5.50. The van der Waals surface area contributed by atoms with Crippen molar-refractivity contribution in [2.24, 2.45) is 5.84 Å². The Labute approximate surface area is 121 Å². The lowest BCUT2D eigenvalue weighted by atomic mass is 10.2. The highest BCUT2D eigenvalue weighted by molar-refractivity contribution is 5.47. The molecule has 0 spiro atoms. The molecule has 0 radical (unpaired) electrons. The zero-order chi connectivity index (χ0) is 15.0. The van der Waals surface area contributed by atoms with Crippen molar-refractivity contribution in [3.63, 3.8) is 0 Å². The van der Waals surface area contributed by atoms with Crippen LogP contribution in [0, 0.1) is 0 Å². The minimum absolute atomic E-state index is 0.267. The number of rotatable bonds is 9. The Morgan fingerprint density at radius 3 is 2.45 bits per heavy atom. The SMILES string of the molecule is CC(C)OCCCCNc1cc(NN)nc(C(C)C)n1. The van der Waals surface area contributed by atoms with Gasteiger partial charge in [-0.25, -0.2) is 15.8 Å². The predicted octanol–water partition coefficient (Wildman–Crippen LogP) is 2.50. The summed E-state index contributed by atoms with van der Waals surface area (Å²) in [5, 5.41) is 3.30. The van der Waals surface area contributed by atoms with Crippen molar-refractivity contribution in [1.82, 2.24) is 9.97 Å². The van der Waals surface area contributed by atoms with E-state index in [4.69, 9.17) is 10.6 Å². The summed E-state index contributed by atoms with van der Waals surface area (Å²) in [4.78, 5) is 8.80. The van der Waals surface area contributed by atoms with Gasteiger partial charge in [-0.05, 0) is 26.7 Å². The number of hydrazine groups is 1. The summed E-state index contributed by atoms with van der Waals surface area (Å²) in [6, 6.07) is 1.82. The summed E-state index contributed by atoms with van der Waals surface area (Å²) < 4.78 is 5.50. The fourth-order valence-electron chi connectivity index (χ4n) is 1.65. The summed E-state index contributed by atoms with van der Waals surface area (Å²) in [7, 11) is 0. The topological polar surface area (TPSA) is 85.1 Å². The molecular weight excluding hydrogens is 254 g/mol. The van der Waals surface area contributed by atoms with E-state index in [0.717, 1.165) is 37.6 Å². The first-order valence-electron chi connectivity index (χ1n) is 7.24. The lowest BCUT2D eigenvalue weighted by molar-refractivity contribution is 0.0765. The van der Waals surface area contributed by atoms with Crippen molar-refractivity contribution in [1.29, 1.82) is 0 Å². The number of nitrogen functional groups attached to an aromatic ring is 1. The van der Waals surface area contributed by atoms with Crippen molar-refractivity contribution in [2.75, 3.05) is 23.9 Å². The fraction of sp³-hybridized carbons (Fsp3) is 0.714. The Balaban J connectivity index is 2.41. The van der Waals surface area contributed by atoms with Gasteiger partial charge in [0.15, 0.2) is 0 Å². The van der Waals surface area contributed by atoms with Crippen LogP contribution in [0.15, 0.2) is 6.07 Å². The second kappa shape index (κ2) is 8.71. The lowest BCUT2D eigenvalue weighted by Gasteiger charge is -2.11. The normalized spacial score (nSPS) is 11.2. The molecule has 1 rings (SSSR count). The zero-order valence-electron chi connectivity index (χ0n) is 12.9. The quantitative estimate of drug-likeness (QED) is 0.366. The zero-order valence-corrected chi connectivity index (χ0v) is 12.9. The molecule has 0 saturated carbocycles. The Morgan fingerprint density at radius 1 is 1.15 bits per heavy atom. The van der Waals surface area contributed by atoms with Crippen molar-refractivity contribution >= 4 is 11.6 Å². The summed E-state index contributed by atoms with van der Waals surface area (Å²) in [6.45, 7) is 9.88. The molecule has 114 valence electrons. The highest BCUT2D eigenvalue weighted by atomic mass is 16.5. The molecule has 1 heterocycles. The largest absolute Gasteiger partial charge is 0.379 e. The van der Waals surface area contributed by atoms with E-state index < -0.39 is 0 Å². The molecule has 1 aromatic heterocycles.